The third kappa shape index (κ3) is 5.40. The molecule has 2 unspecified atom stereocenters. The normalized spacial score (nSPS) is 23.2. The minimum absolute atomic E-state index is 0.0333. The number of fused-ring (bicyclic) bond motifs is 1. The van der Waals surface area contributed by atoms with Crippen molar-refractivity contribution in [1.29, 1.82) is 0 Å². The molecular formula is C23H28N2O4S. The summed E-state index contributed by atoms with van der Waals surface area (Å²) in [5, 5.41) is 2.92. The molecule has 2 atom stereocenters. The molecular weight excluding hydrogens is 400 g/mol. The number of amides is 1. The standard InChI is InChI=1S/C23H28N2O4S/c26-23(24-14-18-11-13-30(27,28)17-18)10-12-25-15-20-8-4-5-9-21(20)29-22(16-25)19-6-2-1-3-7-19/h1-9,18,22H,10-17H2,(H,24,26). The number of sulfone groups is 1. The number of carbonyl (C=O) groups excluding carboxylic acids is 1. The van der Waals surface area contributed by atoms with Crippen molar-refractivity contribution in [2.24, 2.45) is 5.92 Å². The number of nitrogens with zero attached hydrogens (tertiary/aromatic N) is 1. The van der Waals surface area contributed by atoms with Crippen LogP contribution in [0, 0.1) is 5.92 Å². The minimum atomic E-state index is -2.91. The first-order chi connectivity index (χ1) is 14.5. The van der Waals surface area contributed by atoms with E-state index in [1.54, 1.807) is 0 Å². The van der Waals surface area contributed by atoms with Crippen molar-refractivity contribution in [3.63, 3.8) is 0 Å². The summed E-state index contributed by atoms with van der Waals surface area (Å²) in [6.07, 6.45) is 0.923. The number of nitrogens with one attached hydrogen (secondary N) is 1. The number of carbonyl (C=O) groups is 1. The van der Waals surface area contributed by atoms with E-state index in [2.05, 4.69) is 28.4 Å². The van der Waals surface area contributed by atoms with Crippen LogP contribution in [-0.2, 0) is 21.2 Å². The van der Waals surface area contributed by atoms with Crippen molar-refractivity contribution >= 4 is 15.7 Å². The van der Waals surface area contributed by atoms with Gasteiger partial charge in [-0.25, -0.2) is 8.42 Å². The maximum Gasteiger partial charge on any atom is 0.221 e. The molecule has 0 aromatic heterocycles. The second kappa shape index (κ2) is 9.18. The topological polar surface area (TPSA) is 75.7 Å². The highest BCUT2D eigenvalue weighted by molar-refractivity contribution is 7.91. The van der Waals surface area contributed by atoms with Gasteiger partial charge in [0.25, 0.3) is 0 Å². The highest BCUT2D eigenvalue weighted by Gasteiger charge is 2.28. The number of benzene rings is 2. The van der Waals surface area contributed by atoms with Gasteiger partial charge in [-0.3, -0.25) is 9.69 Å². The number of para-hydroxylation sites is 1. The van der Waals surface area contributed by atoms with E-state index in [9.17, 15) is 13.2 Å². The number of hydrogen-bond donors (Lipinski definition) is 1. The van der Waals surface area contributed by atoms with Crippen LogP contribution in [0.2, 0.25) is 0 Å². The number of ether oxygens (including phenoxy) is 1. The van der Waals surface area contributed by atoms with Gasteiger partial charge in [-0.15, -0.1) is 0 Å². The van der Waals surface area contributed by atoms with E-state index in [-0.39, 0.29) is 29.4 Å². The van der Waals surface area contributed by atoms with Gasteiger partial charge in [-0.2, -0.15) is 0 Å². The third-order valence-electron chi connectivity index (χ3n) is 5.80. The molecule has 1 N–H and O–H groups in total. The fourth-order valence-electron chi connectivity index (χ4n) is 4.13. The zero-order chi connectivity index (χ0) is 21.0. The van der Waals surface area contributed by atoms with E-state index in [0.717, 1.165) is 23.4 Å². The molecule has 2 aliphatic heterocycles. The van der Waals surface area contributed by atoms with Gasteiger partial charge >= 0.3 is 0 Å². The molecule has 0 saturated carbocycles. The van der Waals surface area contributed by atoms with E-state index >= 15 is 0 Å². The van der Waals surface area contributed by atoms with Crippen LogP contribution in [0.15, 0.2) is 54.6 Å². The smallest absolute Gasteiger partial charge is 0.221 e. The van der Waals surface area contributed by atoms with Gasteiger partial charge < -0.3 is 10.1 Å². The first kappa shape index (κ1) is 20.9. The van der Waals surface area contributed by atoms with Gasteiger partial charge in [0.05, 0.1) is 11.5 Å². The van der Waals surface area contributed by atoms with Crippen LogP contribution >= 0.6 is 0 Å². The molecule has 160 valence electrons. The fourth-order valence-corrected chi connectivity index (χ4v) is 5.99. The summed E-state index contributed by atoms with van der Waals surface area (Å²) in [5.41, 5.74) is 2.23. The van der Waals surface area contributed by atoms with Crippen molar-refractivity contribution in [1.82, 2.24) is 10.2 Å². The zero-order valence-corrected chi connectivity index (χ0v) is 17.8. The summed E-state index contributed by atoms with van der Waals surface area (Å²) in [6, 6.07) is 18.2. The molecule has 0 aliphatic carbocycles. The molecule has 2 aliphatic rings. The average molecular weight is 429 g/mol. The second-order valence-electron chi connectivity index (χ2n) is 8.18. The second-order valence-corrected chi connectivity index (χ2v) is 10.4. The molecule has 1 fully saturated rings. The molecule has 0 bridgehead atoms. The third-order valence-corrected chi connectivity index (χ3v) is 7.64. The molecule has 7 heteroatoms. The number of rotatable bonds is 6. The Balaban J connectivity index is 1.36. The summed E-state index contributed by atoms with van der Waals surface area (Å²) < 4.78 is 29.5. The maximum absolute atomic E-state index is 12.4. The summed E-state index contributed by atoms with van der Waals surface area (Å²) >= 11 is 0. The molecule has 6 nitrogen and oxygen atoms in total. The molecule has 0 spiro atoms. The van der Waals surface area contributed by atoms with E-state index in [1.165, 1.54) is 0 Å². The Hall–Kier alpha value is -2.38. The van der Waals surface area contributed by atoms with Crippen LogP contribution in [0.1, 0.15) is 30.1 Å². The van der Waals surface area contributed by atoms with Gasteiger partial charge in [0, 0.05) is 38.2 Å². The van der Waals surface area contributed by atoms with E-state index in [0.29, 0.717) is 32.5 Å². The van der Waals surface area contributed by atoms with E-state index < -0.39 is 9.84 Å². The summed E-state index contributed by atoms with van der Waals surface area (Å²) in [6.45, 7) is 2.49. The Morgan fingerprint density at radius 3 is 2.63 bits per heavy atom. The highest BCUT2D eigenvalue weighted by Crippen LogP contribution is 2.31. The highest BCUT2D eigenvalue weighted by atomic mass is 32.2. The Morgan fingerprint density at radius 1 is 1.10 bits per heavy atom. The molecule has 30 heavy (non-hydrogen) atoms. The number of hydrogen-bond acceptors (Lipinski definition) is 5. The lowest BCUT2D eigenvalue weighted by Crippen LogP contribution is -2.35. The molecule has 0 radical (unpaired) electrons. The lowest BCUT2D eigenvalue weighted by Gasteiger charge is -2.24. The van der Waals surface area contributed by atoms with Gasteiger partial charge in [-0.05, 0) is 24.0 Å². The summed E-state index contributed by atoms with van der Waals surface area (Å²) in [4.78, 5) is 14.6. The van der Waals surface area contributed by atoms with Crippen molar-refractivity contribution in [2.75, 3.05) is 31.1 Å². The van der Waals surface area contributed by atoms with Gasteiger partial charge in [-0.1, -0.05) is 48.5 Å². The SMILES string of the molecule is O=C(CCN1Cc2ccccc2OC(c2ccccc2)C1)NCC1CCS(=O)(=O)C1. The van der Waals surface area contributed by atoms with Gasteiger partial charge in [0.15, 0.2) is 9.84 Å². The predicted octanol–water partition coefficient (Wildman–Crippen LogP) is 2.56. The average Bonchev–Trinajstić information content (AvgIpc) is 2.99. The van der Waals surface area contributed by atoms with E-state index in [4.69, 9.17) is 4.74 Å². The summed E-state index contributed by atoms with van der Waals surface area (Å²) in [5.74, 6) is 1.32. The first-order valence-electron chi connectivity index (χ1n) is 10.5. The maximum atomic E-state index is 12.4. The zero-order valence-electron chi connectivity index (χ0n) is 17.0. The first-order valence-corrected chi connectivity index (χ1v) is 12.3. The lowest BCUT2D eigenvalue weighted by molar-refractivity contribution is -0.121. The molecule has 1 amide bonds. The molecule has 1 saturated heterocycles. The largest absolute Gasteiger partial charge is 0.484 e. The van der Waals surface area contributed by atoms with Gasteiger partial charge in [0.2, 0.25) is 5.91 Å². The Bertz CT molecular complexity index is 978. The lowest BCUT2D eigenvalue weighted by atomic mass is 10.1. The predicted molar refractivity (Wildman–Crippen MR) is 116 cm³/mol. The van der Waals surface area contributed by atoms with Crippen molar-refractivity contribution in [3.05, 3.63) is 65.7 Å². The van der Waals surface area contributed by atoms with E-state index in [1.807, 2.05) is 36.4 Å². The minimum Gasteiger partial charge on any atom is -0.484 e. The monoisotopic (exact) mass is 428 g/mol. The summed E-state index contributed by atoms with van der Waals surface area (Å²) in [7, 11) is -2.91. The van der Waals surface area contributed by atoms with Crippen molar-refractivity contribution in [3.8, 4) is 5.75 Å². The van der Waals surface area contributed by atoms with Crippen molar-refractivity contribution in [2.45, 2.75) is 25.5 Å². The van der Waals surface area contributed by atoms with Gasteiger partial charge in [0.1, 0.15) is 11.9 Å². The molecule has 2 aromatic rings. The van der Waals surface area contributed by atoms with Crippen LogP contribution in [-0.4, -0.2) is 50.4 Å². The van der Waals surface area contributed by atoms with Crippen LogP contribution in [0.3, 0.4) is 0 Å². The van der Waals surface area contributed by atoms with Crippen LogP contribution in [0.5, 0.6) is 5.75 Å². The van der Waals surface area contributed by atoms with Crippen LogP contribution in [0.4, 0.5) is 0 Å². The molecule has 2 heterocycles. The Morgan fingerprint density at radius 2 is 1.87 bits per heavy atom. The quantitative estimate of drug-likeness (QED) is 0.765. The Labute approximate surface area is 178 Å². The van der Waals surface area contributed by atoms with Crippen LogP contribution in [0.25, 0.3) is 0 Å². The van der Waals surface area contributed by atoms with Crippen molar-refractivity contribution < 1.29 is 17.9 Å². The fraction of sp³-hybridized carbons (Fsp3) is 0.435. The Kier molecular flexibility index (Phi) is 6.39. The molecule has 4 rings (SSSR count). The molecule has 2 aromatic carbocycles. The van der Waals surface area contributed by atoms with Crippen LogP contribution < -0.4 is 10.1 Å².